The Morgan fingerprint density at radius 3 is 2.36 bits per heavy atom. The van der Waals surface area contributed by atoms with E-state index in [2.05, 4.69) is 5.32 Å². The van der Waals surface area contributed by atoms with Crippen LogP contribution in [0.2, 0.25) is 0 Å². The van der Waals surface area contributed by atoms with Gasteiger partial charge in [-0.05, 0) is 11.1 Å². The molecule has 0 aliphatic carbocycles. The Morgan fingerprint density at radius 2 is 1.68 bits per heavy atom. The lowest BCUT2D eigenvalue weighted by Crippen LogP contribution is -2.71. The van der Waals surface area contributed by atoms with E-state index in [0.717, 1.165) is 11.1 Å². The average Bonchev–Trinajstić information content (AvgIpc) is 3.12. The standard InChI is InChI=1S/C21H20N2O4S/c24-17(11-14-7-3-1-4-8-14)22-18-16-13-28-20(23(16)19(18)25)21(26)27-12-15-9-5-2-6-10-15/h1-10,16,18,20H,11-13H2,(H,22,24). The van der Waals surface area contributed by atoms with Crippen molar-refractivity contribution in [3.63, 3.8) is 0 Å². The van der Waals surface area contributed by atoms with Crippen molar-refractivity contribution in [3.05, 3.63) is 71.8 Å². The normalized spacial score (nSPS) is 22.9. The molecule has 7 heteroatoms. The second-order valence-corrected chi connectivity index (χ2v) is 7.91. The number of nitrogens with zero attached hydrogens (tertiary/aromatic N) is 1. The number of benzene rings is 2. The molecule has 1 N–H and O–H groups in total. The Kier molecular flexibility index (Phi) is 5.34. The summed E-state index contributed by atoms with van der Waals surface area (Å²) >= 11 is 1.38. The van der Waals surface area contributed by atoms with Crippen molar-refractivity contribution in [2.45, 2.75) is 30.5 Å². The zero-order valence-electron chi connectivity index (χ0n) is 15.1. The van der Waals surface area contributed by atoms with E-state index < -0.39 is 17.4 Å². The van der Waals surface area contributed by atoms with Crippen molar-refractivity contribution >= 4 is 29.5 Å². The van der Waals surface area contributed by atoms with Gasteiger partial charge in [-0.15, -0.1) is 11.8 Å². The largest absolute Gasteiger partial charge is 0.459 e. The first-order chi connectivity index (χ1) is 13.6. The van der Waals surface area contributed by atoms with Crippen LogP contribution in [0.15, 0.2) is 60.7 Å². The molecule has 2 fully saturated rings. The van der Waals surface area contributed by atoms with Gasteiger partial charge in [0, 0.05) is 5.75 Å². The third kappa shape index (κ3) is 3.75. The number of carbonyl (C=O) groups is 3. The summed E-state index contributed by atoms with van der Waals surface area (Å²) in [5, 5.41) is 2.17. The van der Waals surface area contributed by atoms with Crippen molar-refractivity contribution in [1.29, 1.82) is 0 Å². The number of rotatable bonds is 6. The molecule has 0 bridgehead atoms. The third-order valence-corrected chi connectivity index (χ3v) is 6.16. The predicted octanol–water partition coefficient (Wildman–Crippen LogP) is 1.74. The van der Waals surface area contributed by atoms with Crippen LogP contribution in [0, 0.1) is 0 Å². The summed E-state index contributed by atoms with van der Waals surface area (Å²) in [6, 6.07) is 18.1. The molecule has 0 saturated carbocycles. The number of hydrogen-bond acceptors (Lipinski definition) is 5. The molecule has 0 aromatic heterocycles. The first-order valence-electron chi connectivity index (χ1n) is 9.11. The lowest BCUT2D eigenvalue weighted by molar-refractivity contribution is -0.162. The highest BCUT2D eigenvalue weighted by molar-refractivity contribution is 8.00. The van der Waals surface area contributed by atoms with E-state index in [1.807, 2.05) is 60.7 Å². The zero-order chi connectivity index (χ0) is 19.5. The first kappa shape index (κ1) is 18.6. The zero-order valence-corrected chi connectivity index (χ0v) is 15.9. The molecule has 2 saturated heterocycles. The fourth-order valence-corrected chi connectivity index (χ4v) is 4.81. The summed E-state index contributed by atoms with van der Waals surface area (Å²) in [6.07, 6.45) is 0.229. The van der Waals surface area contributed by atoms with Crippen LogP contribution in [0.5, 0.6) is 0 Å². The van der Waals surface area contributed by atoms with Crippen LogP contribution in [0.1, 0.15) is 11.1 Å². The second kappa shape index (κ2) is 8.06. The minimum atomic E-state index is -0.636. The van der Waals surface area contributed by atoms with E-state index in [0.29, 0.717) is 5.75 Å². The molecule has 2 aromatic carbocycles. The summed E-state index contributed by atoms with van der Waals surface area (Å²) in [7, 11) is 0. The Bertz CT molecular complexity index is 874. The minimum absolute atomic E-state index is 0.161. The van der Waals surface area contributed by atoms with Crippen molar-refractivity contribution < 1.29 is 19.1 Å². The number of fused-ring (bicyclic) bond motifs is 1. The number of β-lactam (4-membered cyclic amide) rings is 1. The second-order valence-electron chi connectivity index (χ2n) is 6.80. The molecule has 0 spiro atoms. The molecule has 6 nitrogen and oxygen atoms in total. The van der Waals surface area contributed by atoms with Crippen LogP contribution in [0.4, 0.5) is 0 Å². The Hall–Kier alpha value is -2.80. The number of amides is 2. The van der Waals surface area contributed by atoms with Crippen molar-refractivity contribution in [2.75, 3.05) is 5.75 Å². The smallest absolute Gasteiger partial charge is 0.339 e. The molecule has 2 heterocycles. The number of thioether (sulfide) groups is 1. The van der Waals surface area contributed by atoms with Crippen LogP contribution in [-0.2, 0) is 32.1 Å². The number of esters is 1. The molecule has 3 unspecified atom stereocenters. The first-order valence-corrected chi connectivity index (χ1v) is 10.2. The van der Waals surface area contributed by atoms with Crippen molar-refractivity contribution in [1.82, 2.24) is 10.2 Å². The maximum absolute atomic E-state index is 12.5. The highest BCUT2D eigenvalue weighted by Gasteiger charge is 2.57. The van der Waals surface area contributed by atoms with Gasteiger partial charge in [0.2, 0.25) is 11.8 Å². The molecule has 144 valence electrons. The predicted molar refractivity (Wildman–Crippen MR) is 105 cm³/mol. The fourth-order valence-electron chi connectivity index (χ4n) is 3.45. The van der Waals surface area contributed by atoms with Gasteiger partial charge < -0.3 is 15.0 Å². The molecule has 2 aliphatic heterocycles. The molecule has 2 aliphatic rings. The number of ether oxygens (including phenoxy) is 1. The molecule has 28 heavy (non-hydrogen) atoms. The lowest BCUT2D eigenvalue weighted by atomic mass is 9.96. The Morgan fingerprint density at radius 1 is 1.04 bits per heavy atom. The summed E-state index contributed by atoms with van der Waals surface area (Å²) in [4.78, 5) is 38.7. The van der Waals surface area contributed by atoms with Crippen LogP contribution in [-0.4, -0.2) is 45.9 Å². The van der Waals surface area contributed by atoms with Crippen LogP contribution in [0.25, 0.3) is 0 Å². The van der Waals surface area contributed by atoms with E-state index in [-0.39, 0.29) is 30.9 Å². The van der Waals surface area contributed by atoms with Crippen LogP contribution < -0.4 is 5.32 Å². The number of nitrogens with one attached hydrogen (secondary N) is 1. The monoisotopic (exact) mass is 396 g/mol. The van der Waals surface area contributed by atoms with Crippen molar-refractivity contribution in [2.24, 2.45) is 0 Å². The quantitative estimate of drug-likeness (QED) is 0.595. The van der Waals surface area contributed by atoms with Gasteiger partial charge >= 0.3 is 5.97 Å². The number of hydrogen-bond donors (Lipinski definition) is 1. The van der Waals surface area contributed by atoms with E-state index in [1.165, 1.54) is 16.7 Å². The highest BCUT2D eigenvalue weighted by atomic mass is 32.2. The van der Waals surface area contributed by atoms with E-state index in [4.69, 9.17) is 4.74 Å². The Labute approximate surface area is 167 Å². The number of carbonyl (C=O) groups excluding carboxylic acids is 3. The topological polar surface area (TPSA) is 75.7 Å². The maximum atomic E-state index is 12.5. The molecule has 4 rings (SSSR count). The van der Waals surface area contributed by atoms with Gasteiger partial charge in [0.15, 0.2) is 5.37 Å². The average molecular weight is 396 g/mol. The molecule has 2 aromatic rings. The summed E-state index contributed by atoms with van der Waals surface area (Å²) in [5.41, 5.74) is 1.79. The van der Waals surface area contributed by atoms with Gasteiger partial charge in [0.25, 0.3) is 0 Å². The van der Waals surface area contributed by atoms with Gasteiger partial charge in [-0.25, -0.2) is 4.79 Å². The molecule has 2 amide bonds. The van der Waals surface area contributed by atoms with E-state index in [9.17, 15) is 14.4 Å². The molecule has 3 atom stereocenters. The maximum Gasteiger partial charge on any atom is 0.339 e. The Balaban J connectivity index is 1.30. The summed E-state index contributed by atoms with van der Waals surface area (Å²) in [5.74, 6) is -0.228. The summed E-state index contributed by atoms with van der Waals surface area (Å²) in [6.45, 7) is 0.181. The van der Waals surface area contributed by atoms with E-state index in [1.54, 1.807) is 0 Å². The van der Waals surface area contributed by atoms with Gasteiger partial charge in [-0.2, -0.15) is 0 Å². The van der Waals surface area contributed by atoms with Crippen LogP contribution >= 0.6 is 11.8 Å². The third-order valence-electron chi connectivity index (χ3n) is 4.89. The lowest BCUT2D eigenvalue weighted by Gasteiger charge is -2.43. The molecular weight excluding hydrogens is 376 g/mol. The van der Waals surface area contributed by atoms with Crippen LogP contribution in [0.3, 0.4) is 0 Å². The highest BCUT2D eigenvalue weighted by Crippen LogP contribution is 2.39. The van der Waals surface area contributed by atoms with E-state index >= 15 is 0 Å². The molecule has 0 radical (unpaired) electrons. The SMILES string of the molecule is O=C(Cc1ccccc1)NC1C(=O)N2C(C(=O)OCc3ccccc3)SCC12. The summed E-state index contributed by atoms with van der Waals surface area (Å²) < 4.78 is 5.37. The van der Waals surface area contributed by atoms with Gasteiger partial charge in [-0.1, -0.05) is 60.7 Å². The van der Waals surface area contributed by atoms with Gasteiger partial charge in [0.05, 0.1) is 12.5 Å². The fraction of sp³-hybridized carbons (Fsp3) is 0.286. The minimum Gasteiger partial charge on any atom is -0.459 e. The molecular formula is C21H20N2O4S. The van der Waals surface area contributed by atoms with Gasteiger partial charge in [0.1, 0.15) is 12.6 Å². The van der Waals surface area contributed by atoms with Crippen molar-refractivity contribution in [3.8, 4) is 0 Å². The van der Waals surface area contributed by atoms with Gasteiger partial charge in [-0.3, -0.25) is 9.59 Å².